The molecule has 1 atom stereocenters. The van der Waals surface area contributed by atoms with E-state index in [-0.39, 0.29) is 0 Å². The summed E-state index contributed by atoms with van der Waals surface area (Å²) < 4.78 is 2.10. The second-order valence-corrected chi connectivity index (χ2v) is 4.55. The molecule has 0 aromatic carbocycles. The average Bonchev–Trinajstić information content (AvgIpc) is 2.74. The van der Waals surface area contributed by atoms with Crippen LogP contribution in [-0.2, 0) is 7.05 Å². The lowest BCUT2D eigenvalue weighted by atomic mass is 9.94. The van der Waals surface area contributed by atoms with Crippen LogP contribution in [0.15, 0.2) is 24.0 Å². The number of allylic oxidation sites excluding steroid dienone is 1. The molecule has 0 saturated heterocycles. The van der Waals surface area contributed by atoms with Crippen LogP contribution < -0.4 is 5.32 Å². The predicted molar refractivity (Wildman–Crippen MR) is 66.2 cm³/mol. The van der Waals surface area contributed by atoms with E-state index in [1.54, 1.807) is 5.57 Å². The van der Waals surface area contributed by atoms with Gasteiger partial charge >= 0.3 is 0 Å². The Labute approximate surface area is 97.6 Å². The van der Waals surface area contributed by atoms with E-state index in [1.165, 1.54) is 25.7 Å². The highest BCUT2D eigenvalue weighted by Crippen LogP contribution is 2.26. The van der Waals surface area contributed by atoms with Crippen LogP contribution in [0.3, 0.4) is 0 Å². The topological polar surface area (TPSA) is 29.9 Å². The molecule has 0 saturated carbocycles. The van der Waals surface area contributed by atoms with E-state index in [1.807, 2.05) is 19.4 Å². The van der Waals surface area contributed by atoms with E-state index in [4.69, 9.17) is 0 Å². The minimum atomic E-state index is 0.351. The third-order valence-electron chi connectivity index (χ3n) is 3.37. The first-order valence-electron chi connectivity index (χ1n) is 6.13. The summed E-state index contributed by atoms with van der Waals surface area (Å²) in [5.74, 6) is 1.13. The van der Waals surface area contributed by atoms with Crippen molar-refractivity contribution >= 4 is 0 Å². The molecule has 1 aromatic heterocycles. The Morgan fingerprint density at radius 2 is 2.38 bits per heavy atom. The fourth-order valence-electron chi connectivity index (χ4n) is 2.39. The van der Waals surface area contributed by atoms with Crippen LogP contribution >= 0.6 is 0 Å². The molecule has 3 heteroatoms. The van der Waals surface area contributed by atoms with Gasteiger partial charge in [0.05, 0.1) is 6.04 Å². The summed E-state index contributed by atoms with van der Waals surface area (Å²) in [6, 6.07) is 0.351. The first kappa shape index (κ1) is 11.4. The first-order chi connectivity index (χ1) is 7.81. The van der Waals surface area contributed by atoms with Crippen molar-refractivity contribution in [3.63, 3.8) is 0 Å². The van der Waals surface area contributed by atoms with Crippen molar-refractivity contribution in [3.05, 3.63) is 29.9 Å². The SMILES string of the molecule is CNC(CC1=CCCCC1)c1nccn1C. The second kappa shape index (κ2) is 5.30. The Kier molecular flexibility index (Phi) is 3.78. The van der Waals surface area contributed by atoms with Gasteiger partial charge in [0.15, 0.2) is 0 Å². The number of aryl methyl sites for hydroxylation is 1. The molecule has 0 aliphatic heterocycles. The number of imidazole rings is 1. The van der Waals surface area contributed by atoms with Crippen LogP contribution in [0.25, 0.3) is 0 Å². The Morgan fingerprint density at radius 3 is 2.94 bits per heavy atom. The van der Waals surface area contributed by atoms with E-state index in [0.717, 1.165) is 12.2 Å². The molecule has 1 aliphatic rings. The molecule has 1 aromatic rings. The van der Waals surface area contributed by atoms with Crippen LogP contribution in [-0.4, -0.2) is 16.6 Å². The third kappa shape index (κ3) is 2.53. The summed E-state index contributed by atoms with van der Waals surface area (Å²) in [6.45, 7) is 0. The van der Waals surface area contributed by atoms with Crippen LogP contribution in [0.2, 0.25) is 0 Å². The van der Waals surface area contributed by atoms with Crippen molar-refractivity contribution in [3.8, 4) is 0 Å². The molecule has 1 N–H and O–H groups in total. The molecule has 1 unspecified atom stereocenters. The molecule has 0 fully saturated rings. The largest absolute Gasteiger partial charge is 0.337 e. The summed E-state index contributed by atoms with van der Waals surface area (Å²) in [5.41, 5.74) is 1.59. The summed E-state index contributed by atoms with van der Waals surface area (Å²) in [7, 11) is 4.07. The Bertz CT molecular complexity index is 365. The van der Waals surface area contributed by atoms with Gasteiger partial charge in [-0.2, -0.15) is 0 Å². The van der Waals surface area contributed by atoms with Crippen molar-refractivity contribution in [2.24, 2.45) is 7.05 Å². The minimum Gasteiger partial charge on any atom is -0.337 e. The maximum absolute atomic E-state index is 4.43. The van der Waals surface area contributed by atoms with Gasteiger partial charge in [0.2, 0.25) is 0 Å². The Hall–Kier alpha value is -1.09. The van der Waals surface area contributed by atoms with E-state index < -0.39 is 0 Å². The van der Waals surface area contributed by atoms with E-state index in [2.05, 4.69) is 28.0 Å². The number of aromatic nitrogens is 2. The lowest BCUT2D eigenvalue weighted by Gasteiger charge is -2.20. The van der Waals surface area contributed by atoms with Gasteiger partial charge in [-0.05, 0) is 39.2 Å². The fourth-order valence-corrected chi connectivity index (χ4v) is 2.39. The summed E-state index contributed by atoms with van der Waals surface area (Å²) in [4.78, 5) is 4.43. The molecule has 0 bridgehead atoms. The highest BCUT2D eigenvalue weighted by Gasteiger charge is 2.16. The Morgan fingerprint density at radius 1 is 1.50 bits per heavy atom. The van der Waals surface area contributed by atoms with Crippen molar-refractivity contribution in [2.75, 3.05) is 7.05 Å². The number of hydrogen-bond acceptors (Lipinski definition) is 2. The van der Waals surface area contributed by atoms with Crippen molar-refractivity contribution in [2.45, 2.75) is 38.1 Å². The van der Waals surface area contributed by atoms with Gasteiger partial charge in [-0.1, -0.05) is 11.6 Å². The van der Waals surface area contributed by atoms with Gasteiger partial charge in [-0.15, -0.1) is 0 Å². The van der Waals surface area contributed by atoms with Gasteiger partial charge in [-0.3, -0.25) is 0 Å². The number of hydrogen-bond donors (Lipinski definition) is 1. The number of nitrogens with zero attached hydrogens (tertiary/aromatic N) is 2. The highest BCUT2D eigenvalue weighted by atomic mass is 15.1. The van der Waals surface area contributed by atoms with Gasteiger partial charge in [0, 0.05) is 19.4 Å². The third-order valence-corrected chi connectivity index (χ3v) is 3.37. The fraction of sp³-hybridized carbons (Fsp3) is 0.615. The lowest BCUT2D eigenvalue weighted by Crippen LogP contribution is -2.21. The van der Waals surface area contributed by atoms with Gasteiger partial charge in [0.1, 0.15) is 5.82 Å². The zero-order chi connectivity index (χ0) is 11.4. The maximum Gasteiger partial charge on any atom is 0.125 e. The van der Waals surface area contributed by atoms with Crippen LogP contribution in [0.4, 0.5) is 0 Å². The average molecular weight is 219 g/mol. The Balaban J connectivity index is 2.06. The van der Waals surface area contributed by atoms with E-state index in [0.29, 0.717) is 6.04 Å². The molecule has 1 aliphatic carbocycles. The van der Waals surface area contributed by atoms with E-state index in [9.17, 15) is 0 Å². The molecular weight excluding hydrogens is 198 g/mol. The predicted octanol–water partition coefficient (Wildman–Crippen LogP) is 2.57. The minimum absolute atomic E-state index is 0.351. The second-order valence-electron chi connectivity index (χ2n) is 4.55. The monoisotopic (exact) mass is 219 g/mol. The number of nitrogens with one attached hydrogen (secondary N) is 1. The zero-order valence-corrected chi connectivity index (χ0v) is 10.2. The molecule has 2 rings (SSSR count). The molecule has 0 spiro atoms. The van der Waals surface area contributed by atoms with Crippen LogP contribution in [0, 0.1) is 0 Å². The molecule has 1 heterocycles. The molecule has 88 valence electrons. The van der Waals surface area contributed by atoms with E-state index >= 15 is 0 Å². The maximum atomic E-state index is 4.43. The van der Waals surface area contributed by atoms with Gasteiger partial charge in [0.25, 0.3) is 0 Å². The summed E-state index contributed by atoms with van der Waals surface area (Å²) >= 11 is 0. The lowest BCUT2D eigenvalue weighted by molar-refractivity contribution is 0.518. The van der Waals surface area contributed by atoms with Crippen LogP contribution in [0.5, 0.6) is 0 Å². The molecule has 0 radical (unpaired) electrons. The van der Waals surface area contributed by atoms with Gasteiger partial charge < -0.3 is 9.88 Å². The van der Waals surface area contributed by atoms with Crippen molar-refractivity contribution in [1.82, 2.24) is 14.9 Å². The first-order valence-corrected chi connectivity index (χ1v) is 6.13. The summed E-state index contributed by atoms with van der Waals surface area (Å²) in [5, 5.41) is 3.37. The number of rotatable bonds is 4. The van der Waals surface area contributed by atoms with Crippen molar-refractivity contribution < 1.29 is 0 Å². The molecule has 16 heavy (non-hydrogen) atoms. The smallest absolute Gasteiger partial charge is 0.125 e. The zero-order valence-electron chi connectivity index (χ0n) is 10.2. The quantitative estimate of drug-likeness (QED) is 0.789. The summed E-state index contributed by atoms with van der Waals surface area (Å²) in [6.07, 6.45) is 12.6. The molecular formula is C13H21N3. The molecule has 3 nitrogen and oxygen atoms in total. The normalized spacial score (nSPS) is 18.2. The van der Waals surface area contributed by atoms with Crippen LogP contribution in [0.1, 0.15) is 44.0 Å². The standard InChI is InChI=1S/C13H21N3/c1-14-12(13-15-8-9-16(13)2)10-11-6-4-3-5-7-11/h6,8-9,12,14H,3-5,7,10H2,1-2H3. The van der Waals surface area contributed by atoms with Gasteiger partial charge in [-0.25, -0.2) is 4.98 Å². The highest BCUT2D eigenvalue weighted by molar-refractivity contribution is 5.11. The van der Waals surface area contributed by atoms with Crippen molar-refractivity contribution in [1.29, 1.82) is 0 Å². The molecule has 0 amide bonds.